The van der Waals surface area contributed by atoms with Crippen molar-refractivity contribution in [2.45, 2.75) is 31.6 Å². The molecule has 26 heavy (non-hydrogen) atoms. The number of carbonyl (C=O) groups excluding carboxylic acids is 1. The van der Waals surface area contributed by atoms with Crippen LogP contribution in [-0.4, -0.2) is 70.5 Å². The minimum atomic E-state index is -5.08. The van der Waals surface area contributed by atoms with Gasteiger partial charge in [0.1, 0.15) is 6.61 Å². The van der Waals surface area contributed by atoms with E-state index in [9.17, 15) is 18.0 Å². The van der Waals surface area contributed by atoms with E-state index in [0.29, 0.717) is 6.61 Å². The van der Waals surface area contributed by atoms with Crippen LogP contribution in [0, 0.1) is 0 Å². The molecule has 0 saturated carbocycles. The summed E-state index contributed by atoms with van der Waals surface area (Å²) in [4.78, 5) is 26.8. The average Bonchev–Trinajstić information content (AvgIpc) is 3.26. The molecule has 2 N–H and O–H groups in total. The van der Waals surface area contributed by atoms with Crippen LogP contribution in [0.3, 0.4) is 0 Å². The number of amides is 1. The molecule has 3 rings (SSSR count). The third-order valence-electron chi connectivity index (χ3n) is 4.06. The van der Waals surface area contributed by atoms with Crippen molar-refractivity contribution < 1.29 is 32.6 Å². The molecule has 0 bridgehead atoms. The number of alkyl halides is 3. The first-order valence-corrected chi connectivity index (χ1v) is 8.16. The number of halogens is 3. The lowest BCUT2D eigenvalue weighted by molar-refractivity contribution is -0.192. The second-order valence-electron chi connectivity index (χ2n) is 5.98. The number of rotatable bonds is 4. The fraction of sp³-hybridized carbons (Fsp3) is 0.667. The largest absolute Gasteiger partial charge is 0.490 e. The smallest absolute Gasteiger partial charge is 0.475 e. The summed E-state index contributed by atoms with van der Waals surface area (Å²) in [7, 11) is 0. The standard InChI is InChI=1S/C13H20N4O2.C2HF3O2/c18-13(16-3-1-2-4-16)9-19-8-12-7-14-5-11-6-15-10-17(11)12;3-2(4,5)1(6)7/h6,10,12,14H,1-5,7-9H2;(H,6,7). The van der Waals surface area contributed by atoms with E-state index in [0.717, 1.165) is 39.0 Å². The Morgan fingerprint density at radius 2 is 2.00 bits per heavy atom. The molecular formula is C15H21F3N4O4. The van der Waals surface area contributed by atoms with Gasteiger partial charge in [-0.3, -0.25) is 4.79 Å². The molecule has 1 atom stereocenters. The average molecular weight is 378 g/mol. The van der Waals surface area contributed by atoms with E-state index < -0.39 is 12.1 Å². The minimum absolute atomic E-state index is 0.118. The summed E-state index contributed by atoms with van der Waals surface area (Å²) in [5.74, 6) is -2.64. The summed E-state index contributed by atoms with van der Waals surface area (Å²) in [5.41, 5.74) is 1.17. The second kappa shape index (κ2) is 8.99. The Kier molecular flexibility index (Phi) is 6.98. The summed E-state index contributed by atoms with van der Waals surface area (Å²) in [6, 6.07) is 0.234. The predicted octanol–water partition coefficient (Wildman–Crippen LogP) is 0.800. The number of carbonyl (C=O) groups is 2. The fourth-order valence-electron chi connectivity index (χ4n) is 2.74. The number of fused-ring (bicyclic) bond motifs is 1. The number of aromatic nitrogens is 2. The molecule has 1 saturated heterocycles. The van der Waals surface area contributed by atoms with Gasteiger partial charge in [0.25, 0.3) is 0 Å². The van der Waals surface area contributed by atoms with Gasteiger partial charge in [-0.2, -0.15) is 13.2 Å². The summed E-state index contributed by atoms with van der Waals surface area (Å²) >= 11 is 0. The molecule has 0 spiro atoms. The highest BCUT2D eigenvalue weighted by Gasteiger charge is 2.38. The Hall–Kier alpha value is -2.14. The number of hydrogen-bond donors (Lipinski definition) is 2. The van der Waals surface area contributed by atoms with Gasteiger partial charge in [0.15, 0.2) is 0 Å². The molecule has 8 nitrogen and oxygen atoms in total. The van der Waals surface area contributed by atoms with Crippen LogP contribution in [0.25, 0.3) is 0 Å². The quantitative estimate of drug-likeness (QED) is 0.805. The van der Waals surface area contributed by atoms with Crippen LogP contribution in [0.15, 0.2) is 12.5 Å². The first kappa shape index (κ1) is 20.2. The number of hydrogen-bond acceptors (Lipinski definition) is 5. The molecule has 3 heterocycles. The van der Waals surface area contributed by atoms with Gasteiger partial charge in [-0.1, -0.05) is 0 Å². The number of ether oxygens (including phenoxy) is 1. The van der Waals surface area contributed by atoms with Crippen LogP contribution in [0.5, 0.6) is 0 Å². The van der Waals surface area contributed by atoms with Crippen molar-refractivity contribution in [1.82, 2.24) is 19.8 Å². The van der Waals surface area contributed by atoms with E-state index in [2.05, 4.69) is 14.9 Å². The lowest BCUT2D eigenvalue weighted by Gasteiger charge is -2.26. The van der Waals surface area contributed by atoms with Gasteiger partial charge in [-0.05, 0) is 12.8 Å². The highest BCUT2D eigenvalue weighted by molar-refractivity contribution is 5.77. The van der Waals surface area contributed by atoms with Gasteiger partial charge in [0.2, 0.25) is 5.91 Å². The molecule has 1 aromatic rings. The van der Waals surface area contributed by atoms with Crippen molar-refractivity contribution in [2.24, 2.45) is 0 Å². The van der Waals surface area contributed by atoms with Crippen LogP contribution >= 0.6 is 0 Å². The minimum Gasteiger partial charge on any atom is -0.475 e. The Labute approximate surface area is 147 Å². The van der Waals surface area contributed by atoms with Crippen molar-refractivity contribution in [3.05, 3.63) is 18.2 Å². The highest BCUT2D eigenvalue weighted by Crippen LogP contribution is 2.15. The van der Waals surface area contributed by atoms with Crippen LogP contribution in [-0.2, 0) is 20.9 Å². The summed E-state index contributed by atoms with van der Waals surface area (Å²) in [5, 5.41) is 10.5. The Morgan fingerprint density at radius 3 is 2.62 bits per heavy atom. The number of nitrogens with one attached hydrogen (secondary N) is 1. The van der Waals surface area contributed by atoms with Gasteiger partial charge in [0, 0.05) is 32.4 Å². The summed E-state index contributed by atoms with van der Waals surface area (Å²) < 4.78 is 39.5. The number of likely N-dealkylation sites (tertiary alicyclic amines) is 1. The zero-order chi connectivity index (χ0) is 19.2. The highest BCUT2D eigenvalue weighted by atomic mass is 19.4. The Bertz CT molecular complexity index is 614. The third kappa shape index (κ3) is 5.70. The normalized spacial score (nSPS) is 19.5. The maximum Gasteiger partial charge on any atom is 0.490 e. The van der Waals surface area contributed by atoms with E-state index in [1.165, 1.54) is 5.69 Å². The van der Waals surface area contributed by atoms with E-state index in [-0.39, 0.29) is 18.6 Å². The SMILES string of the molecule is O=C(COCC1CNCc2cncn21)N1CCCC1.O=C(O)C(F)(F)F. The lowest BCUT2D eigenvalue weighted by Crippen LogP contribution is -2.36. The molecule has 146 valence electrons. The number of aliphatic carboxylic acids is 1. The van der Waals surface area contributed by atoms with Crippen molar-refractivity contribution in [3.63, 3.8) is 0 Å². The molecule has 1 fully saturated rings. The third-order valence-corrected chi connectivity index (χ3v) is 4.06. The van der Waals surface area contributed by atoms with E-state index in [1.54, 1.807) is 0 Å². The Balaban J connectivity index is 0.000000298. The number of carboxylic acids is 1. The maximum absolute atomic E-state index is 11.8. The lowest BCUT2D eigenvalue weighted by atomic mass is 10.2. The molecule has 1 unspecified atom stereocenters. The first-order chi connectivity index (χ1) is 12.3. The maximum atomic E-state index is 11.8. The van der Waals surface area contributed by atoms with E-state index in [4.69, 9.17) is 14.6 Å². The zero-order valence-electron chi connectivity index (χ0n) is 14.0. The Morgan fingerprint density at radius 1 is 1.35 bits per heavy atom. The number of nitrogens with zero attached hydrogens (tertiary/aromatic N) is 3. The molecule has 1 aromatic heterocycles. The fourth-order valence-corrected chi connectivity index (χ4v) is 2.74. The summed E-state index contributed by atoms with van der Waals surface area (Å²) in [6.45, 7) is 4.23. The zero-order valence-corrected chi connectivity index (χ0v) is 14.0. The predicted molar refractivity (Wildman–Crippen MR) is 83.3 cm³/mol. The molecule has 11 heteroatoms. The summed E-state index contributed by atoms with van der Waals surface area (Å²) in [6.07, 6.45) is 0.869. The van der Waals surface area contributed by atoms with E-state index in [1.807, 2.05) is 17.4 Å². The van der Waals surface area contributed by atoms with Crippen molar-refractivity contribution in [2.75, 3.05) is 32.8 Å². The van der Waals surface area contributed by atoms with Gasteiger partial charge in [-0.25, -0.2) is 9.78 Å². The first-order valence-electron chi connectivity index (χ1n) is 8.16. The van der Waals surface area contributed by atoms with Gasteiger partial charge in [-0.15, -0.1) is 0 Å². The number of imidazole rings is 1. The molecule has 0 aromatic carbocycles. The molecular weight excluding hydrogens is 357 g/mol. The molecule has 2 aliphatic heterocycles. The monoisotopic (exact) mass is 378 g/mol. The van der Waals surface area contributed by atoms with Crippen LogP contribution in [0.2, 0.25) is 0 Å². The topological polar surface area (TPSA) is 96.7 Å². The van der Waals surface area contributed by atoms with Crippen molar-refractivity contribution in [3.8, 4) is 0 Å². The van der Waals surface area contributed by atoms with Gasteiger partial charge >= 0.3 is 12.1 Å². The second-order valence-corrected chi connectivity index (χ2v) is 5.98. The van der Waals surface area contributed by atoms with Crippen LogP contribution in [0.4, 0.5) is 13.2 Å². The van der Waals surface area contributed by atoms with E-state index >= 15 is 0 Å². The molecule has 0 radical (unpaired) electrons. The van der Waals surface area contributed by atoms with Crippen molar-refractivity contribution in [1.29, 1.82) is 0 Å². The van der Waals surface area contributed by atoms with Gasteiger partial charge < -0.3 is 24.6 Å². The van der Waals surface area contributed by atoms with Crippen LogP contribution in [0.1, 0.15) is 24.6 Å². The van der Waals surface area contributed by atoms with Gasteiger partial charge in [0.05, 0.1) is 24.7 Å². The molecule has 2 aliphatic rings. The molecule has 1 amide bonds. The van der Waals surface area contributed by atoms with Crippen LogP contribution < -0.4 is 5.32 Å². The molecule has 0 aliphatic carbocycles. The van der Waals surface area contributed by atoms with Crippen molar-refractivity contribution >= 4 is 11.9 Å². The number of carboxylic acid groups (broad SMARTS) is 1.